The fourth-order valence-corrected chi connectivity index (χ4v) is 3.98. The number of benzene rings is 3. The lowest BCUT2D eigenvalue weighted by Gasteiger charge is -2.33. The van der Waals surface area contributed by atoms with Gasteiger partial charge in [-0.15, -0.1) is 5.10 Å². The van der Waals surface area contributed by atoms with Gasteiger partial charge >= 0.3 is 0 Å². The number of nitrogens with one attached hydrogen (secondary N) is 1. The van der Waals surface area contributed by atoms with Gasteiger partial charge in [0.1, 0.15) is 11.3 Å². The van der Waals surface area contributed by atoms with Crippen molar-refractivity contribution in [2.45, 2.75) is 46.5 Å². The average Bonchev–Trinajstić information content (AvgIpc) is 3.16. The number of H-pyrrole nitrogens is 1. The fourth-order valence-electron chi connectivity index (χ4n) is 3.98. The Labute approximate surface area is 179 Å². The third kappa shape index (κ3) is 5.69. The Morgan fingerprint density at radius 2 is 1.33 bits per heavy atom. The summed E-state index contributed by atoms with van der Waals surface area (Å²) in [5.41, 5.74) is 6.08. The summed E-state index contributed by atoms with van der Waals surface area (Å²) in [7, 11) is 0. The van der Waals surface area contributed by atoms with Crippen LogP contribution in [0.15, 0.2) is 72.8 Å². The zero-order valence-electron chi connectivity index (χ0n) is 18.5. The summed E-state index contributed by atoms with van der Waals surface area (Å²) in [4.78, 5) is 0. The molecule has 4 rings (SSSR count). The van der Waals surface area contributed by atoms with Crippen molar-refractivity contribution in [2.75, 3.05) is 0 Å². The molecule has 0 aliphatic rings. The van der Waals surface area contributed by atoms with E-state index in [-0.39, 0.29) is 5.41 Å². The third-order valence-corrected chi connectivity index (χ3v) is 5.07. The second kappa shape index (κ2) is 8.70. The first-order chi connectivity index (χ1) is 14.1. The maximum Gasteiger partial charge on any atom is 0.115 e. The normalized spacial score (nSPS) is 11.8. The van der Waals surface area contributed by atoms with E-state index in [1.165, 1.54) is 11.1 Å². The number of aromatic hydroxyl groups is 1. The molecule has 4 heteroatoms. The van der Waals surface area contributed by atoms with Crippen molar-refractivity contribution in [3.8, 4) is 16.9 Å². The molecular formula is C26H31N3O. The first kappa shape index (κ1) is 21.6. The highest BCUT2D eigenvalue weighted by Gasteiger charge is 2.27. The molecule has 0 saturated carbocycles. The second-order valence-electron chi connectivity index (χ2n) is 9.57. The van der Waals surface area contributed by atoms with E-state index in [1.54, 1.807) is 12.1 Å². The quantitative estimate of drug-likeness (QED) is 0.400. The van der Waals surface area contributed by atoms with Gasteiger partial charge in [-0.05, 0) is 58.2 Å². The number of phenolic OH excluding ortho intramolecular Hbond substituents is 1. The van der Waals surface area contributed by atoms with Crippen LogP contribution in [0.5, 0.6) is 5.75 Å². The van der Waals surface area contributed by atoms with Gasteiger partial charge in [0.25, 0.3) is 0 Å². The number of aromatic amines is 1. The van der Waals surface area contributed by atoms with Crippen molar-refractivity contribution >= 4 is 11.0 Å². The number of phenols is 1. The third-order valence-electron chi connectivity index (χ3n) is 5.07. The number of hydrogen-bond donors (Lipinski definition) is 2. The van der Waals surface area contributed by atoms with Crippen LogP contribution >= 0.6 is 0 Å². The Balaban J connectivity index is 0.000000234. The molecule has 30 heavy (non-hydrogen) atoms. The van der Waals surface area contributed by atoms with Gasteiger partial charge in [-0.3, -0.25) is 5.10 Å². The van der Waals surface area contributed by atoms with Gasteiger partial charge in [0, 0.05) is 0 Å². The number of para-hydroxylation sites is 1. The molecular weight excluding hydrogens is 370 g/mol. The molecule has 0 spiro atoms. The van der Waals surface area contributed by atoms with E-state index in [2.05, 4.69) is 74.3 Å². The molecule has 0 unspecified atom stereocenters. The number of nitrogens with zero attached hydrogens (tertiary/aromatic N) is 2. The zero-order chi connectivity index (χ0) is 21.8. The number of rotatable bonds is 3. The molecule has 0 amide bonds. The highest BCUT2D eigenvalue weighted by Crippen LogP contribution is 2.36. The summed E-state index contributed by atoms with van der Waals surface area (Å²) in [6.07, 6.45) is 1.15. The van der Waals surface area contributed by atoms with Crippen LogP contribution in [-0.2, 0) is 5.41 Å². The molecule has 1 aromatic heterocycles. The van der Waals surface area contributed by atoms with E-state index >= 15 is 0 Å². The SMILES string of the molecule is CC(C)(C)CC(C)(C)c1ccc(-c2ccc(O)cc2)cc1.c1ccc2[nH]nnc2c1. The monoisotopic (exact) mass is 401 g/mol. The van der Waals surface area contributed by atoms with Gasteiger partial charge < -0.3 is 5.11 Å². The maximum absolute atomic E-state index is 9.36. The summed E-state index contributed by atoms with van der Waals surface area (Å²) in [6.45, 7) is 11.5. The van der Waals surface area contributed by atoms with Crippen molar-refractivity contribution in [1.29, 1.82) is 0 Å². The lowest BCUT2D eigenvalue weighted by molar-refractivity contribution is 0.284. The lowest BCUT2D eigenvalue weighted by atomic mass is 9.72. The minimum absolute atomic E-state index is 0.172. The minimum Gasteiger partial charge on any atom is -0.508 e. The predicted molar refractivity (Wildman–Crippen MR) is 125 cm³/mol. The van der Waals surface area contributed by atoms with Crippen molar-refractivity contribution < 1.29 is 5.11 Å². The Kier molecular flexibility index (Phi) is 6.25. The van der Waals surface area contributed by atoms with Crippen LogP contribution in [0.3, 0.4) is 0 Å². The van der Waals surface area contributed by atoms with E-state index in [9.17, 15) is 5.11 Å². The van der Waals surface area contributed by atoms with Crippen LogP contribution in [0, 0.1) is 5.41 Å². The molecule has 0 aliphatic heterocycles. The number of fused-ring (bicyclic) bond motifs is 1. The molecule has 4 aromatic rings. The molecule has 156 valence electrons. The molecule has 0 bridgehead atoms. The van der Waals surface area contributed by atoms with Gasteiger partial charge in [-0.25, -0.2) is 0 Å². The Bertz CT molecular complexity index is 1040. The molecule has 0 saturated heterocycles. The maximum atomic E-state index is 9.36. The van der Waals surface area contributed by atoms with Gasteiger partial charge in [-0.1, -0.05) is 88.4 Å². The first-order valence-electron chi connectivity index (χ1n) is 10.3. The largest absolute Gasteiger partial charge is 0.508 e. The summed E-state index contributed by atoms with van der Waals surface area (Å²) in [5.74, 6) is 0.307. The highest BCUT2D eigenvalue weighted by atomic mass is 16.3. The average molecular weight is 402 g/mol. The van der Waals surface area contributed by atoms with Crippen LogP contribution in [-0.4, -0.2) is 20.5 Å². The van der Waals surface area contributed by atoms with Crippen LogP contribution < -0.4 is 0 Å². The summed E-state index contributed by atoms with van der Waals surface area (Å²) >= 11 is 0. The Hall–Kier alpha value is -3.14. The molecule has 0 aliphatic carbocycles. The van der Waals surface area contributed by atoms with E-state index in [0.29, 0.717) is 11.2 Å². The van der Waals surface area contributed by atoms with Crippen LogP contribution in [0.25, 0.3) is 22.2 Å². The predicted octanol–water partition coefficient (Wildman–Crippen LogP) is 6.73. The highest BCUT2D eigenvalue weighted by molar-refractivity contribution is 5.72. The van der Waals surface area contributed by atoms with Gasteiger partial charge in [0.15, 0.2) is 0 Å². The summed E-state index contributed by atoms with van der Waals surface area (Å²) < 4.78 is 0. The van der Waals surface area contributed by atoms with E-state index in [4.69, 9.17) is 0 Å². The number of hydrogen-bond acceptors (Lipinski definition) is 3. The standard InChI is InChI=1S/C20H26O.C6H5N3/c1-19(2,3)14-20(4,5)17-10-6-15(7-11-17)16-8-12-18(21)13-9-16;1-2-4-6-5(3-1)7-9-8-6/h6-13,21H,14H2,1-5H3;1-4H,(H,7,8,9). The second-order valence-corrected chi connectivity index (χ2v) is 9.57. The van der Waals surface area contributed by atoms with E-state index in [0.717, 1.165) is 23.0 Å². The van der Waals surface area contributed by atoms with Crippen LogP contribution in [0.2, 0.25) is 0 Å². The van der Waals surface area contributed by atoms with Crippen LogP contribution in [0.1, 0.15) is 46.6 Å². The van der Waals surface area contributed by atoms with Gasteiger partial charge in [0.05, 0.1) is 5.52 Å². The topological polar surface area (TPSA) is 61.8 Å². The van der Waals surface area contributed by atoms with Gasteiger partial charge in [-0.2, -0.15) is 0 Å². The van der Waals surface area contributed by atoms with E-state index in [1.807, 2.05) is 36.4 Å². The Morgan fingerprint density at radius 3 is 1.90 bits per heavy atom. The smallest absolute Gasteiger partial charge is 0.115 e. The molecule has 2 N–H and O–H groups in total. The zero-order valence-corrected chi connectivity index (χ0v) is 18.5. The molecule has 0 fully saturated rings. The fraction of sp³-hybridized carbons (Fsp3) is 0.308. The molecule has 0 atom stereocenters. The van der Waals surface area contributed by atoms with Crippen molar-refractivity contribution in [1.82, 2.24) is 15.4 Å². The van der Waals surface area contributed by atoms with Crippen molar-refractivity contribution in [2.24, 2.45) is 5.41 Å². The minimum atomic E-state index is 0.172. The van der Waals surface area contributed by atoms with Crippen molar-refractivity contribution in [3.05, 3.63) is 78.4 Å². The molecule has 1 heterocycles. The van der Waals surface area contributed by atoms with E-state index < -0.39 is 0 Å². The number of aromatic nitrogens is 3. The molecule has 3 aromatic carbocycles. The van der Waals surface area contributed by atoms with Crippen LogP contribution in [0.4, 0.5) is 0 Å². The lowest BCUT2D eigenvalue weighted by Crippen LogP contribution is -2.24. The summed E-state index contributed by atoms with van der Waals surface area (Å²) in [5, 5.41) is 19.6. The first-order valence-corrected chi connectivity index (χ1v) is 10.3. The molecule has 0 radical (unpaired) electrons. The van der Waals surface area contributed by atoms with Crippen molar-refractivity contribution in [3.63, 3.8) is 0 Å². The summed E-state index contributed by atoms with van der Waals surface area (Å²) in [6, 6.07) is 23.9. The van der Waals surface area contributed by atoms with Gasteiger partial charge in [0.2, 0.25) is 0 Å². The molecule has 4 nitrogen and oxygen atoms in total. The Morgan fingerprint density at radius 1 is 0.767 bits per heavy atom.